The van der Waals surface area contributed by atoms with E-state index in [0.29, 0.717) is 28.0 Å². The fourth-order valence-electron chi connectivity index (χ4n) is 2.47. The van der Waals surface area contributed by atoms with Crippen molar-refractivity contribution in [2.45, 2.75) is 6.61 Å². The summed E-state index contributed by atoms with van der Waals surface area (Å²) >= 11 is 19.2. The van der Waals surface area contributed by atoms with Crippen molar-refractivity contribution in [1.29, 1.82) is 0 Å². The Morgan fingerprint density at radius 2 is 1.64 bits per heavy atom. The van der Waals surface area contributed by atoms with Crippen LogP contribution in [0.15, 0.2) is 75.7 Å². The van der Waals surface area contributed by atoms with Crippen molar-refractivity contribution in [1.82, 2.24) is 0 Å². The largest absolute Gasteiger partial charge is 0.486 e. The average Bonchev–Trinajstić information content (AvgIpc) is 2.67. The zero-order valence-corrected chi connectivity index (χ0v) is 19.1. The van der Waals surface area contributed by atoms with Crippen LogP contribution in [-0.2, 0) is 6.61 Å². The van der Waals surface area contributed by atoms with E-state index in [4.69, 9.17) is 27.9 Å². The lowest BCUT2D eigenvalue weighted by molar-refractivity contribution is 0.104. The second-order valence-corrected chi connectivity index (χ2v) is 8.45. The highest BCUT2D eigenvalue weighted by Gasteiger charge is 2.10. The Bertz CT molecular complexity index is 1010. The summed E-state index contributed by atoms with van der Waals surface area (Å²) in [6, 6.07) is 18.2. The number of allylic oxidation sites excluding steroid dienone is 1. The van der Waals surface area contributed by atoms with Gasteiger partial charge < -0.3 is 4.74 Å². The maximum Gasteiger partial charge on any atom is 0.185 e. The molecule has 0 heterocycles. The van der Waals surface area contributed by atoms with Crippen LogP contribution in [0.1, 0.15) is 21.5 Å². The van der Waals surface area contributed by atoms with E-state index < -0.39 is 0 Å². The molecule has 3 aromatic rings. The van der Waals surface area contributed by atoms with Crippen LogP contribution in [0.5, 0.6) is 5.75 Å². The Morgan fingerprint density at radius 1 is 0.964 bits per heavy atom. The van der Waals surface area contributed by atoms with Gasteiger partial charge in [0, 0.05) is 21.2 Å². The van der Waals surface area contributed by atoms with Crippen LogP contribution in [0.4, 0.5) is 0 Å². The van der Waals surface area contributed by atoms with Crippen LogP contribution in [0, 0.1) is 0 Å². The van der Waals surface area contributed by atoms with E-state index in [1.54, 1.807) is 36.4 Å². The van der Waals surface area contributed by atoms with E-state index in [9.17, 15) is 4.79 Å². The molecular formula is C22H14Br2Cl2O2. The molecule has 0 aliphatic heterocycles. The van der Waals surface area contributed by atoms with E-state index in [-0.39, 0.29) is 5.78 Å². The van der Waals surface area contributed by atoms with Gasteiger partial charge in [-0.05, 0) is 67.8 Å². The van der Waals surface area contributed by atoms with Gasteiger partial charge in [0.15, 0.2) is 5.78 Å². The molecule has 3 aromatic carbocycles. The second-order valence-electron chi connectivity index (χ2n) is 5.90. The molecule has 0 radical (unpaired) electrons. The topological polar surface area (TPSA) is 26.3 Å². The third kappa shape index (κ3) is 5.48. The fraction of sp³-hybridized carbons (Fsp3) is 0.0455. The maximum absolute atomic E-state index is 12.2. The lowest BCUT2D eigenvalue weighted by Crippen LogP contribution is -1.98. The third-order valence-electron chi connectivity index (χ3n) is 3.89. The molecule has 6 heteroatoms. The van der Waals surface area contributed by atoms with Crippen molar-refractivity contribution >= 4 is 66.9 Å². The summed E-state index contributed by atoms with van der Waals surface area (Å²) in [4.78, 5) is 12.2. The molecule has 142 valence electrons. The first kappa shape index (κ1) is 21.1. The highest BCUT2D eigenvalue weighted by Crippen LogP contribution is 2.36. The number of rotatable bonds is 6. The number of ketones is 1. The Kier molecular flexibility index (Phi) is 7.36. The standard InChI is InChI=1S/C22H14Br2Cl2O2/c23-18-10-14(6-9-21(27)15-4-2-1-3-5-15)11-19(24)22(18)28-13-16-7-8-17(25)12-20(16)26/h1-12H,13H2/b9-6+. The van der Waals surface area contributed by atoms with Crippen molar-refractivity contribution in [3.63, 3.8) is 0 Å². The molecule has 3 rings (SSSR count). The Labute approximate surface area is 190 Å². The normalized spacial score (nSPS) is 11.0. The summed E-state index contributed by atoms with van der Waals surface area (Å²) in [7, 11) is 0. The molecule has 0 saturated heterocycles. The molecule has 0 atom stereocenters. The quantitative estimate of drug-likeness (QED) is 0.234. The van der Waals surface area contributed by atoms with Crippen molar-refractivity contribution in [3.05, 3.63) is 102 Å². The molecule has 0 aliphatic rings. The predicted molar refractivity (Wildman–Crippen MR) is 122 cm³/mol. The summed E-state index contributed by atoms with van der Waals surface area (Å²) in [6.07, 6.45) is 3.32. The summed E-state index contributed by atoms with van der Waals surface area (Å²) in [5.74, 6) is 0.600. The maximum atomic E-state index is 12.2. The van der Waals surface area contributed by atoms with Gasteiger partial charge in [-0.25, -0.2) is 0 Å². The van der Waals surface area contributed by atoms with E-state index in [2.05, 4.69) is 31.9 Å². The van der Waals surface area contributed by atoms with Gasteiger partial charge in [-0.2, -0.15) is 0 Å². The van der Waals surface area contributed by atoms with Crippen LogP contribution < -0.4 is 4.74 Å². The third-order valence-corrected chi connectivity index (χ3v) is 5.66. The van der Waals surface area contributed by atoms with Gasteiger partial charge in [-0.3, -0.25) is 4.79 Å². The van der Waals surface area contributed by atoms with Gasteiger partial charge in [-0.1, -0.05) is 65.7 Å². The highest BCUT2D eigenvalue weighted by molar-refractivity contribution is 9.11. The fourth-order valence-corrected chi connectivity index (χ4v) is 4.39. The predicted octanol–water partition coefficient (Wildman–Crippen LogP) is 7.99. The number of hydrogen-bond donors (Lipinski definition) is 0. The van der Waals surface area contributed by atoms with Crippen LogP contribution in [-0.4, -0.2) is 5.78 Å². The number of halogens is 4. The Balaban J connectivity index is 1.73. The Morgan fingerprint density at radius 3 is 2.29 bits per heavy atom. The van der Waals surface area contributed by atoms with Gasteiger partial charge in [0.25, 0.3) is 0 Å². The van der Waals surface area contributed by atoms with Gasteiger partial charge in [-0.15, -0.1) is 0 Å². The number of benzene rings is 3. The molecule has 0 bridgehead atoms. The molecule has 0 unspecified atom stereocenters. The van der Waals surface area contributed by atoms with E-state index in [1.807, 2.05) is 36.4 Å². The molecular weight excluding hydrogens is 527 g/mol. The minimum absolute atomic E-state index is 0.0504. The van der Waals surface area contributed by atoms with Gasteiger partial charge in [0.1, 0.15) is 12.4 Å². The van der Waals surface area contributed by atoms with E-state index >= 15 is 0 Å². The Hall–Kier alpha value is -1.59. The molecule has 0 fully saturated rings. The summed E-state index contributed by atoms with van der Waals surface area (Å²) in [5, 5.41) is 1.14. The lowest BCUT2D eigenvalue weighted by atomic mass is 10.1. The van der Waals surface area contributed by atoms with E-state index in [0.717, 1.165) is 20.1 Å². The molecule has 0 amide bonds. The van der Waals surface area contributed by atoms with Crippen LogP contribution in [0.3, 0.4) is 0 Å². The molecule has 0 spiro atoms. The van der Waals surface area contributed by atoms with Crippen LogP contribution in [0.25, 0.3) is 6.08 Å². The van der Waals surface area contributed by atoms with Gasteiger partial charge >= 0.3 is 0 Å². The monoisotopic (exact) mass is 538 g/mol. The van der Waals surface area contributed by atoms with Crippen LogP contribution in [0.2, 0.25) is 10.0 Å². The molecule has 28 heavy (non-hydrogen) atoms. The SMILES string of the molecule is O=C(/C=C/c1cc(Br)c(OCc2ccc(Cl)cc2Cl)c(Br)c1)c1ccccc1. The van der Waals surface area contributed by atoms with Crippen molar-refractivity contribution in [2.24, 2.45) is 0 Å². The van der Waals surface area contributed by atoms with Gasteiger partial charge in [0.05, 0.1) is 8.95 Å². The first-order valence-electron chi connectivity index (χ1n) is 8.27. The molecule has 0 saturated carbocycles. The number of carbonyl (C=O) groups excluding carboxylic acids is 1. The van der Waals surface area contributed by atoms with E-state index in [1.165, 1.54) is 0 Å². The zero-order chi connectivity index (χ0) is 20.1. The van der Waals surface area contributed by atoms with Crippen molar-refractivity contribution < 1.29 is 9.53 Å². The minimum Gasteiger partial charge on any atom is -0.486 e. The second kappa shape index (κ2) is 9.75. The molecule has 2 nitrogen and oxygen atoms in total. The van der Waals surface area contributed by atoms with Gasteiger partial charge in [0.2, 0.25) is 0 Å². The first-order valence-corrected chi connectivity index (χ1v) is 10.6. The number of ether oxygens (including phenoxy) is 1. The van der Waals surface area contributed by atoms with Crippen molar-refractivity contribution in [2.75, 3.05) is 0 Å². The van der Waals surface area contributed by atoms with Crippen molar-refractivity contribution in [3.8, 4) is 5.75 Å². The van der Waals surface area contributed by atoms with Crippen LogP contribution >= 0.6 is 55.1 Å². The molecule has 0 N–H and O–H groups in total. The summed E-state index contributed by atoms with van der Waals surface area (Å²) < 4.78 is 7.44. The number of carbonyl (C=O) groups is 1. The minimum atomic E-state index is -0.0504. The highest BCUT2D eigenvalue weighted by atomic mass is 79.9. The number of hydrogen-bond acceptors (Lipinski definition) is 2. The average molecular weight is 541 g/mol. The smallest absolute Gasteiger partial charge is 0.185 e. The lowest BCUT2D eigenvalue weighted by Gasteiger charge is -2.12. The molecule has 0 aliphatic carbocycles. The summed E-state index contributed by atoms with van der Waals surface area (Å²) in [6.45, 7) is 0.300. The first-order chi connectivity index (χ1) is 13.4. The molecule has 0 aromatic heterocycles. The summed E-state index contributed by atoms with van der Waals surface area (Å²) in [5.41, 5.74) is 2.35. The zero-order valence-electron chi connectivity index (χ0n) is 14.5.